The summed E-state index contributed by atoms with van der Waals surface area (Å²) in [6.45, 7) is 0.908. The molecule has 0 aliphatic carbocycles. The second kappa shape index (κ2) is 3.71. The smallest absolute Gasteiger partial charge is 0.209 e. The Kier molecular flexibility index (Phi) is 2.59. The van der Waals surface area contributed by atoms with Crippen molar-refractivity contribution in [2.75, 3.05) is 11.4 Å². The maximum Gasteiger partial charge on any atom is 0.209 e. The van der Waals surface area contributed by atoms with Gasteiger partial charge in [0.1, 0.15) is 6.29 Å². The van der Waals surface area contributed by atoms with Gasteiger partial charge in [0.25, 0.3) is 0 Å². The summed E-state index contributed by atoms with van der Waals surface area (Å²) in [5.41, 5.74) is 0. The molecular formula is C7H8BrN3OS. The van der Waals surface area contributed by atoms with Crippen molar-refractivity contribution in [3.05, 3.63) is 3.92 Å². The lowest BCUT2D eigenvalue weighted by Crippen LogP contribution is -2.30. The largest absolute Gasteiger partial charge is 0.337 e. The number of hydrogen-bond acceptors (Lipinski definition) is 5. The number of aldehydes is 1. The lowest BCUT2D eigenvalue weighted by atomic mass is 10.2. The van der Waals surface area contributed by atoms with Crippen LogP contribution < -0.4 is 4.90 Å². The van der Waals surface area contributed by atoms with E-state index < -0.39 is 0 Å². The summed E-state index contributed by atoms with van der Waals surface area (Å²) in [7, 11) is 0. The van der Waals surface area contributed by atoms with Gasteiger partial charge >= 0.3 is 0 Å². The van der Waals surface area contributed by atoms with Crippen LogP contribution in [0.2, 0.25) is 0 Å². The molecule has 6 heteroatoms. The fourth-order valence-corrected chi connectivity index (χ4v) is 2.66. The molecule has 2 heterocycles. The molecule has 1 unspecified atom stereocenters. The van der Waals surface area contributed by atoms with E-state index in [4.69, 9.17) is 0 Å². The van der Waals surface area contributed by atoms with Crippen molar-refractivity contribution in [1.82, 2.24) is 10.2 Å². The molecule has 1 aromatic rings. The number of aromatic nitrogens is 2. The van der Waals surface area contributed by atoms with Crippen LogP contribution in [-0.4, -0.2) is 29.1 Å². The molecule has 4 nitrogen and oxygen atoms in total. The van der Waals surface area contributed by atoms with E-state index in [0.29, 0.717) is 0 Å². The average molecular weight is 262 g/mol. The van der Waals surface area contributed by atoms with Gasteiger partial charge in [-0.3, -0.25) is 0 Å². The zero-order valence-corrected chi connectivity index (χ0v) is 9.21. The Morgan fingerprint density at radius 1 is 1.62 bits per heavy atom. The first-order valence-corrected chi connectivity index (χ1v) is 5.63. The predicted octanol–water partition coefficient (Wildman–Crippen LogP) is 1.47. The van der Waals surface area contributed by atoms with Crippen LogP contribution in [0.3, 0.4) is 0 Å². The Morgan fingerprint density at radius 3 is 3.08 bits per heavy atom. The summed E-state index contributed by atoms with van der Waals surface area (Å²) in [5, 5.41) is 8.68. The van der Waals surface area contributed by atoms with Crippen LogP contribution in [-0.2, 0) is 4.79 Å². The predicted molar refractivity (Wildman–Crippen MR) is 54.0 cm³/mol. The third-order valence-corrected chi connectivity index (χ3v) is 3.48. The highest BCUT2D eigenvalue weighted by atomic mass is 79.9. The summed E-state index contributed by atoms with van der Waals surface area (Å²) in [4.78, 5) is 12.7. The summed E-state index contributed by atoms with van der Waals surface area (Å²) >= 11 is 4.72. The van der Waals surface area contributed by atoms with E-state index in [1.54, 1.807) is 0 Å². The standard InChI is InChI=1S/C7H8BrN3OS/c8-6-9-10-7(13-6)11-3-1-2-5(11)4-12/h4-5H,1-3H2. The zero-order chi connectivity index (χ0) is 9.26. The Balaban J connectivity index is 2.20. The Labute approximate surface area is 88.1 Å². The van der Waals surface area contributed by atoms with Gasteiger partial charge in [-0.05, 0) is 28.8 Å². The highest BCUT2D eigenvalue weighted by Gasteiger charge is 2.26. The number of carbonyl (C=O) groups excluding carboxylic acids is 1. The number of halogens is 1. The summed E-state index contributed by atoms with van der Waals surface area (Å²) in [6, 6.07) is -0.000139. The molecule has 0 spiro atoms. The minimum absolute atomic E-state index is 0.000139. The molecule has 1 aromatic heterocycles. The third kappa shape index (κ3) is 1.73. The molecule has 1 atom stereocenters. The quantitative estimate of drug-likeness (QED) is 0.757. The van der Waals surface area contributed by atoms with E-state index in [1.165, 1.54) is 11.3 Å². The topological polar surface area (TPSA) is 46.1 Å². The summed E-state index contributed by atoms with van der Waals surface area (Å²) in [6.07, 6.45) is 2.98. The van der Waals surface area contributed by atoms with Crippen LogP contribution in [0.15, 0.2) is 3.92 Å². The number of carbonyl (C=O) groups is 1. The van der Waals surface area contributed by atoms with E-state index >= 15 is 0 Å². The lowest BCUT2D eigenvalue weighted by Gasteiger charge is -2.17. The van der Waals surface area contributed by atoms with Gasteiger partial charge in [-0.2, -0.15) is 0 Å². The number of nitrogens with zero attached hydrogens (tertiary/aromatic N) is 3. The minimum atomic E-state index is -0.000139. The molecule has 2 rings (SSSR count). The van der Waals surface area contributed by atoms with Crippen molar-refractivity contribution in [1.29, 1.82) is 0 Å². The molecule has 0 aromatic carbocycles. The average Bonchev–Trinajstić information content (AvgIpc) is 2.71. The molecule has 0 amide bonds. The van der Waals surface area contributed by atoms with E-state index in [0.717, 1.165) is 34.7 Å². The van der Waals surface area contributed by atoms with E-state index in [2.05, 4.69) is 26.1 Å². The SMILES string of the molecule is O=CC1CCCN1c1nnc(Br)s1. The van der Waals surface area contributed by atoms with Crippen molar-refractivity contribution in [3.63, 3.8) is 0 Å². The van der Waals surface area contributed by atoms with Gasteiger partial charge in [0.2, 0.25) is 5.13 Å². The Bertz CT molecular complexity index is 316. The first kappa shape index (κ1) is 9.08. The maximum absolute atomic E-state index is 10.7. The minimum Gasteiger partial charge on any atom is -0.337 e. The van der Waals surface area contributed by atoms with Crippen LogP contribution in [0.1, 0.15) is 12.8 Å². The molecule has 1 aliphatic heterocycles. The van der Waals surface area contributed by atoms with E-state index in [-0.39, 0.29) is 6.04 Å². The monoisotopic (exact) mass is 261 g/mol. The number of rotatable bonds is 2. The highest BCUT2D eigenvalue weighted by molar-refractivity contribution is 9.11. The first-order valence-electron chi connectivity index (χ1n) is 4.02. The van der Waals surface area contributed by atoms with Crippen molar-refractivity contribution in [3.8, 4) is 0 Å². The van der Waals surface area contributed by atoms with Gasteiger partial charge in [-0.25, -0.2) is 0 Å². The molecule has 1 saturated heterocycles. The van der Waals surface area contributed by atoms with Gasteiger partial charge in [0.15, 0.2) is 3.92 Å². The van der Waals surface area contributed by atoms with Crippen molar-refractivity contribution < 1.29 is 4.79 Å². The Morgan fingerprint density at radius 2 is 2.46 bits per heavy atom. The zero-order valence-electron chi connectivity index (χ0n) is 6.81. The van der Waals surface area contributed by atoms with Crippen molar-refractivity contribution >= 4 is 38.7 Å². The van der Waals surface area contributed by atoms with Gasteiger partial charge in [0, 0.05) is 6.54 Å². The Hall–Kier alpha value is -0.490. The van der Waals surface area contributed by atoms with Crippen molar-refractivity contribution in [2.24, 2.45) is 0 Å². The van der Waals surface area contributed by atoms with Crippen LogP contribution >= 0.6 is 27.3 Å². The van der Waals surface area contributed by atoms with E-state index in [9.17, 15) is 4.79 Å². The molecule has 1 aliphatic rings. The molecule has 0 saturated carbocycles. The van der Waals surface area contributed by atoms with Crippen LogP contribution in [0.5, 0.6) is 0 Å². The van der Waals surface area contributed by atoms with Gasteiger partial charge in [0.05, 0.1) is 6.04 Å². The molecule has 13 heavy (non-hydrogen) atoms. The van der Waals surface area contributed by atoms with Crippen molar-refractivity contribution in [2.45, 2.75) is 18.9 Å². The fourth-order valence-electron chi connectivity index (χ4n) is 1.49. The molecule has 70 valence electrons. The first-order chi connectivity index (χ1) is 6.31. The fraction of sp³-hybridized carbons (Fsp3) is 0.571. The summed E-state index contributed by atoms with van der Waals surface area (Å²) < 4.78 is 0.763. The van der Waals surface area contributed by atoms with Crippen LogP contribution in [0, 0.1) is 0 Å². The van der Waals surface area contributed by atoms with Gasteiger partial charge in [-0.1, -0.05) is 11.3 Å². The summed E-state index contributed by atoms with van der Waals surface area (Å²) in [5.74, 6) is 0. The molecule has 0 bridgehead atoms. The molecule has 0 N–H and O–H groups in total. The number of hydrogen-bond donors (Lipinski definition) is 0. The van der Waals surface area contributed by atoms with Gasteiger partial charge < -0.3 is 9.69 Å². The number of anilines is 1. The second-order valence-electron chi connectivity index (χ2n) is 2.88. The van der Waals surface area contributed by atoms with Crippen LogP contribution in [0.4, 0.5) is 5.13 Å². The second-order valence-corrected chi connectivity index (χ2v) is 5.11. The third-order valence-electron chi connectivity index (χ3n) is 2.09. The maximum atomic E-state index is 10.7. The van der Waals surface area contributed by atoms with Crippen LogP contribution in [0.25, 0.3) is 0 Å². The lowest BCUT2D eigenvalue weighted by molar-refractivity contribution is -0.108. The highest BCUT2D eigenvalue weighted by Crippen LogP contribution is 2.29. The van der Waals surface area contributed by atoms with E-state index in [1.807, 2.05) is 4.90 Å². The normalized spacial score (nSPS) is 22.2. The molecule has 0 radical (unpaired) electrons. The van der Waals surface area contributed by atoms with Gasteiger partial charge in [-0.15, -0.1) is 10.2 Å². The molecule has 1 fully saturated rings. The molecular weight excluding hydrogens is 254 g/mol.